The summed E-state index contributed by atoms with van der Waals surface area (Å²) >= 11 is 4.81. The zero-order valence-corrected chi connectivity index (χ0v) is 8.89. The van der Waals surface area contributed by atoms with Crippen molar-refractivity contribution in [1.82, 2.24) is 0 Å². The molecule has 0 unspecified atom stereocenters. The van der Waals surface area contributed by atoms with Crippen LogP contribution in [0.5, 0.6) is 0 Å². The van der Waals surface area contributed by atoms with E-state index in [1.54, 1.807) is 6.92 Å². The van der Waals surface area contributed by atoms with Gasteiger partial charge >= 0.3 is 23.1 Å². The van der Waals surface area contributed by atoms with Gasteiger partial charge in [0.25, 0.3) is 0 Å². The molecule has 1 aromatic rings. The summed E-state index contributed by atoms with van der Waals surface area (Å²) in [5, 5.41) is 0. The molecule has 0 bridgehead atoms. The van der Waals surface area contributed by atoms with Crippen molar-refractivity contribution in [3.05, 3.63) is 43.0 Å². The van der Waals surface area contributed by atoms with E-state index in [1.807, 2.05) is 30.3 Å². The van der Waals surface area contributed by atoms with Crippen LogP contribution >= 0.6 is 0 Å². The quantitative estimate of drug-likeness (QED) is 0.330. The van der Waals surface area contributed by atoms with Gasteiger partial charge in [-0.25, -0.2) is 0 Å². The van der Waals surface area contributed by atoms with E-state index in [9.17, 15) is 0 Å². The van der Waals surface area contributed by atoms with Gasteiger partial charge in [0.05, 0.1) is 0 Å². The summed E-state index contributed by atoms with van der Waals surface area (Å²) in [6, 6.07) is 9.62. The molecule has 0 radical (unpaired) electrons. The fraction of sp³-hybridized carbons (Fsp3) is 0.111. The van der Waals surface area contributed by atoms with Crippen LogP contribution in [0, 0.1) is 6.58 Å². The molecular weight excluding hydrogens is 164 g/mol. The Bertz CT molecular complexity index is 172. The third kappa shape index (κ3) is 9.95. The molecule has 54 valence electrons. The van der Waals surface area contributed by atoms with E-state index >= 15 is 0 Å². The van der Waals surface area contributed by atoms with Gasteiger partial charge in [-0.1, -0.05) is 37.3 Å². The van der Waals surface area contributed by atoms with Gasteiger partial charge in [-0.3, -0.25) is 6.08 Å². The van der Waals surface area contributed by atoms with Crippen molar-refractivity contribution < 1.29 is 0 Å². The monoisotopic (exact) mass is 174 g/mol. The molecule has 0 atom stereocenters. The second-order valence-electron chi connectivity index (χ2n) is 1.65. The maximum absolute atomic E-state index is 4.81. The summed E-state index contributed by atoms with van der Waals surface area (Å²) in [6.45, 7) is 6.50. The fourth-order valence-corrected chi connectivity index (χ4v) is 0.578. The molecule has 0 saturated heterocycles. The molecule has 2 heteroatoms. The molecular formula is C9H10MgS. The van der Waals surface area contributed by atoms with Crippen molar-refractivity contribution in [2.24, 2.45) is 0 Å². The molecule has 0 spiro atoms. The zero-order valence-electron chi connectivity index (χ0n) is 6.66. The molecule has 1 aromatic carbocycles. The number of rotatable bonds is 0. The molecule has 1 rings (SSSR count). The largest absolute Gasteiger partial charge is 2.00 e. The van der Waals surface area contributed by atoms with Crippen LogP contribution in [-0.2, 0) is 12.6 Å². The maximum atomic E-state index is 4.81. The molecule has 0 aliphatic heterocycles. The van der Waals surface area contributed by atoms with E-state index in [-0.39, 0.29) is 23.1 Å². The Morgan fingerprint density at radius 1 is 1.27 bits per heavy atom. The predicted octanol–water partition coefficient (Wildman–Crippen LogP) is 2.21. The first-order valence-corrected chi connectivity index (χ1v) is 3.43. The third-order valence-electron chi connectivity index (χ3n) is 0.743. The second kappa shape index (κ2) is 9.95. The van der Waals surface area contributed by atoms with Crippen LogP contribution in [0.3, 0.4) is 0 Å². The van der Waals surface area contributed by atoms with Crippen molar-refractivity contribution in [3.8, 4) is 0 Å². The molecule has 0 saturated carbocycles. The predicted molar refractivity (Wildman–Crippen MR) is 52.4 cm³/mol. The van der Waals surface area contributed by atoms with E-state index in [0.717, 1.165) is 4.90 Å². The number of benzene rings is 1. The van der Waals surface area contributed by atoms with Crippen LogP contribution in [0.4, 0.5) is 0 Å². The van der Waals surface area contributed by atoms with Gasteiger partial charge in [-0.05, 0) is 0 Å². The molecule has 0 N–H and O–H groups in total. The van der Waals surface area contributed by atoms with Gasteiger partial charge < -0.3 is 19.2 Å². The van der Waals surface area contributed by atoms with Crippen molar-refractivity contribution in [1.29, 1.82) is 0 Å². The van der Waals surface area contributed by atoms with Gasteiger partial charge in [0.1, 0.15) is 0 Å². The van der Waals surface area contributed by atoms with Crippen molar-refractivity contribution in [2.75, 3.05) is 0 Å². The van der Waals surface area contributed by atoms with Gasteiger partial charge in [0.15, 0.2) is 0 Å². The molecule has 0 heterocycles. The van der Waals surface area contributed by atoms with E-state index in [1.165, 1.54) is 6.08 Å². The smallest absolute Gasteiger partial charge is 0.780 e. The van der Waals surface area contributed by atoms with Gasteiger partial charge in [-0.2, -0.15) is 4.90 Å². The Morgan fingerprint density at radius 3 is 1.82 bits per heavy atom. The summed E-state index contributed by atoms with van der Waals surface area (Å²) in [5.74, 6) is 0. The Morgan fingerprint density at radius 2 is 1.64 bits per heavy atom. The minimum atomic E-state index is 0. The Labute approximate surface area is 90.3 Å². The molecule has 0 aromatic heterocycles. The summed E-state index contributed by atoms with van der Waals surface area (Å²) in [7, 11) is 0. The normalized spacial score (nSPS) is 6.64. The molecule has 0 nitrogen and oxygen atoms in total. The minimum Gasteiger partial charge on any atom is -0.780 e. The average molecular weight is 175 g/mol. The van der Waals surface area contributed by atoms with Crippen LogP contribution in [0.2, 0.25) is 0 Å². The first-order chi connectivity index (χ1) is 4.81. The number of hydrogen-bond acceptors (Lipinski definition) is 1. The SMILES string of the molecule is [CH-]=CC.[Mg+2].[S-]c1ccccc1. The van der Waals surface area contributed by atoms with Crippen LogP contribution in [0.1, 0.15) is 6.92 Å². The average Bonchev–Trinajstić information content (AvgIpc) is 1.91. The van der Waals surface area contributed by atoms with Crippen molar-refractivity contribution >= 4 is 35.7 Å². The standard InChI is InChI=1S/C6H6S.C3H5.Mg/c7-6-4-2-1-3-5-6;1-3-2;/h1-5,7H;1,3H,2H3;/q;-1;+2/p-1. The molecule has 0 amide bonds. The first-order valence-electron chi connectivity index (χ1n) is 3.03. The number of allylic oxidation sites excluding steroid dienone is 1. The zero-order chi connectivity index (χ0) is 7.82. The van der Waals surface area contributed by atoms with Crippen LogP contribution in [-0.4, -0.2) is 23.1 Å². The van der Waals surface area contributed by atoms with Crippen molar-refractivity contribution in [2.45, 2.75) is 11.8 Å². The third-order valence-corrected chi connectivity index (χ3v) is 1.02. The molecule has 11 heavy (non-hydrogen) atoms. The second-order valence-corrected chi connectivity index (χ2v) is 2.12. The topological polar surface area (TPSA) is 0 Å². The van der Waals surface area contributed by atoms with E-state index < -0.39 is 0 Å². The van der Waals surface area contributed by atoms with Gasteiger partial charge in [0, 0.05) is 0 Å². The maximum Gasteiger partial charge on any atom is 2.00 e. The Balaban J connectivity index is 0. The number of hydrogen-bond donors (Lipinski definition) is 0. The molecule has 0 aliphatic carbocycles. The Kier molecular flexibility index (Phi) is 12.2. The van der Waals surface area contributed by atoms with E-state index in [2.05, 4.69) is 0 Å². The fourth-order valence-electron chi connectivity index (χ4n) is 0.420. The minimum absolute atomic E-state index is 0. The van der Waals surface area contributed by atoms with E-state index in [4.69, 9.17) is 19.2 Å². The molecule has 0 fully saturated rings. The van der Waals surface area contributed by atoms with Crippen LogP contribution in [0.25, 0.3) is 0 Å². The summed E-state index contributed by atoms with van der Waals surface area (Å²) in [4.78, 5) is 0.905. The van der Waals surface area contributed by atoms with Crippen LogP contribution < -0.4 is 0 Å². The van der Waals surface area contributed by atoms with Crippen LogP contribution in [0.15, 0.2) is 41.3 Å². The Hall–Kier alpha value is -0.0538. The van der Waals surface area contributed by atoms with Gasteiger partial charge in [-0.15, -0.1) is 0 Å². The summed E-state index contributed by atoms with van der Waals surface area (Å²) < 4.78 is 0. The first kappa shape index (κ1) is 13.5. The summed E-state index contributed by atoms with van der Waals surface area (Å²) in [6.07, 6.45) is 1.50. The summed E-state index contributed by atoms with van der Waals surface area (Å²) in [5.41, 5.74) is 0. The van der Waals surface area contributed by atoms with Gasteiger partial charge in [0.2, 0.25) is 0 Å². The van der Waals surface area contributed by atoms with Crippen molar-refractivity contribution in [3.63, 3.8) is 0 Å². The van der Waals surface area contributed by atoms with E-state index in [0.29, 0.717) is 0 Å². The molecule has 0 aliphatic rings.